The molecule has 0 aliphatic rings. The van der Waals surface area contributed by atoms with Gasteiger partial charge in [0.25, 0.3) is 0 Å². The summed E-state index contributed by atoms with van der Waals surface area (Å²) in [5, 5.41) is 0.965. The molecule has 0 fully saturated rings. The first-order valence-corrected chi connectivity index (χ1v) is 4.25. The number of aromatic nitrogens is 1. The van der Waals surface area contributed by atoms with Crippen molar-refractivity contribution >= 4 is 32.5 Å². The van der Waals surface area contributed by atoms with E-state index in [-0.39, 0.29) is 0 Å². The Morgan fingerprint density at radius 2 is 2.25 bits per heavy atom. The van der Waals surface area contributed by atoms with Crippen molar-refractivity contribution in [3.8, 4) is 0 Å². The molecule has 0 amide bonds. The first kappa shape index (κ1) is 7.38. The molecule has 1 aromatic carbocycles. The van der Waals surface area contributed by atoms with E-state index in [0.29, 0.717) is 5.69 Å². The summed E-state index contributed by atoms with van der Waals surface area (Å²) in [5.41, 5.74) is 1.66. The molecule has 58 valence electrons. The zero-order valence-electron chi connectivity index (χ0n) is 6.13. The van der Waals surface area contributed by atoms with Gasteiger partial charge in [-0.2, -0.15) is 0 Å². The molecule has 2 nitrogen and oxygen atoms in total. The van der Waals surface area contributed by atoms with Crippen LogP contribution in [0.25, 0.3) is 15.7 Å². The highest BCUT2D eigenvalue weighted by molar-refractivity contribution is 9.10. The summed E-state index contributed by atoms with van der Waals surface area (Å²) in [4.78, 5) is 6.44. The number of benzene rings is 1. The highest BCUT2D eigenvalue weighted by Gasteiger charge is 2.04. The van der Waals surface area contributed by atoms with Gasteiger partial charge in [0.05, 0.1) is 6.57 Å². The molecule has 0 saturated heterocycles. The molecule has 0 aliphatic heterocycles. The summed E-state index contributed by atoms with van der Waals surface area (Å²) in [6.45, 7) is 6.92. The van der Waals surface area contributed by atoms with E-state index in [0.717, 1.165) is 15.4 Å². The fraction of sp³-hybridized carbons (Fsp3) is 0. The number of nitrogens with one attached hydrogen (secondary N) is 1. The third-order valence-corrected chi connectivity index (χ3v) is 2.42. The van der Waals surface area contributed by atoms with E-state index in [2.05, 4.69) is 25.8 Å². The van der Waals surface area contributed by atoms with E-state index in [1.54, 1.807) is 6.20 Å². The Morgan fingerprint density at radius 3 is 3.00 bits per heavy atom. The number of fused-ring (bicyclic) bond motifs is 1. The van der Waals surface area contributed by atoms with E-state index in [9.17, 15) is 0 Å². The fourth-order valence-electron chi connectivity index (χ4n) is 1.21. The van der Waals surface area contributed by atoms with Crippen LogP contribution in [0, 0.1) is 6.57 Å². The second-order valence-electron chi connectivity index (χ2n) is 2.45. The lowest BCUT2D eigenvalue weighted by Crippen LogP contribution is -1.67. The van der Waals surface area contributed by atoms with E-state index < -0.39 is 0 Å². The van der Waals surface area contributed by atoms with Gasteiger partial charge in [0, 0.05) is 21.6 Å². The molecule has 0 atom stereocenters. The standard InChI is InChI=1S/C9H5BrN2/c1-11-8-5-12-7-4-2-3-6(10)9(7)8/h2-5,12H. The summed E-state index contributed by atoms with van der Waals surface area (Å²) < 4.78 is 0.965. The molecule has 3 heteroatoms. The van der Waals surface area contributed by atoms with Crippen molar-refractivity contribution in [2.75, 3.05) is 0 Å². The first-order valence-electron chi connectivity index (χ1n) is 3.46. The highest BCUT2D eigenvalue weighted by atomic mass is 79.9. The second-order valence-corrected chi connectivity index (χ2v) is 3.30. The van der Waals surface area contributed by atoms with Gasteiger partial charge in [-0.05, 0) is 12.1 Å². The molecule has 0 radical (unpaired) electrons. The van der Waals surface area contributed by atoms with Crippen LogP contribution in [-0.2, 0) is 0 Å². The molecule has 12 heavy (non-hydrogen) atoms. The zero-order chi connectivity index (χ0) is 8.55. The first-order chi connectivity index (χ1) is 5.83. The van der Waals surface area contributed by atoms with Gasteiger partial charge in [0.1, 0.15) is 0 Å². The van der Waals surface area contributed by atoms with Crippen molar-refractivity contribution in [1.29, 1.82) is 0 Å². The van der Waals surface area contributed by atoms with Gasteiger partial charge in [0.15, 0.2) is 0 Å². The third-order valence-electron chi connectivity index (χ3n) is 1.75. The minimum Gasteiger partial charge on any atom is -0.372 e. The minimum absolute atomic E-state index is 0.664. The van der Waals surface area contributed by atoms with Crippen LogP contribution in [0.1, 0.15) is 0 Å². The molecule has 0 unspecified atom stereocenters. The topological polar surface area (TPSA) is 20.1 Å². The molecular weight excluding hydrogens is 216 g/mol. The summed E-state index contributed by atoms with van der Waals surface area (Å²) >= 11 is 3.40. The zero-order valence-corrected chi connectivity index (χ0v) is 7.72. The lowest BCUT2D eigenvalue weighted by molar-refractivity contribution is 1.48. The van der Waals surface area contributed by atoms with Gasteiger partial charge in [-0.1, -0.05) is 22.0 Å². The van der Waals surface area contributed by atoms with Crippen molar-refractivity contribution in [2.24, 2.45) is 0 Å². The monoisotopic (exact) mass is 220 g/mol. The number of aromatic amines is 1. The van der Waals surface area contributed by atoms with Gasteiger partial charge in [-0.25, -0.2) is 4.85 Å². The van der Waals surface area contributed by atoms with Crippen molar-refractivity contribution in [3.63, 3.8) is 0 Å². The number of nitrogens with zero attached hydrogens (tertiary/aromatic N) is 1. The average molecular weight is 221 g/mol. The maximum atomic E-state index is 6.92. The SMILES string of the molecule is [C-]#[N+]c1c[nH]c2cccc(Br)c12. The van der Waals surface area contributed by atoms with Crippen molar-refractivity contribution in [2.45, 2.75) is 0 Å². The molecule has 2 rings (SSSR count). The molecule has 1 heterocycles. The lowest BCUT2D eigenvalue weighted by Gasteiger charge is -1.92. The van der Waals surface area contributed by atoms with Gasteiger partial charge in [-0.15, -0.1) is 0 Å². The smallest absolute Gasteiger partial charge is 0.212 e. The van der Waals surface area contributed by atoms with Gasteiger partial charge >= 0.3 is 0 Å². The van der Waals surface area contributed by atoms with Crippen LogP contribution in [0.4, 0.5) is 5.69 Å². The molecule has 2 aromatic rings. The summed E-state index contributed by atoms with van der Waals surface area (Å²) in [5.74, 6) is 0. The number of rotatable bonds is 0. The van der Waals surface area contributed by atoms with E-state index in [1.165, 1.54) is 0 Å². The van der Waals surface area contributed by atoms with Crippen LogP contribution < -0.4 is 0 Å². The van der Waals surface area contributed by atoms with E-state index in [4.69, 9.17) is 6.57 Å². The fourth-order valence-corrected chi connectivity index (χ4v) is 1.78. The molecule has 0 saturated carbocycles. The summed E-state index contributed by atoms with van der Waals surface area (Å²) in [7, 11) is 0. The van der Waals surface area contributed by atoms with Gasteiger partial charge in [-0.3, -0.25) is 0 Å². The van der Waals surface area contributed by atoms with Crippen LogP contribution in [0.3, 0.4) is 0 Å². The van der Waals surface area contributed by atoms with E-state index >= 15 is 0 Å². The number of hydrogen-bond donors (Lipinski definition) is 1. The summed E-state index contributed by atoms with van der Waals surface area (Å²) in [6, 6.07) is 5.83. The minimum atomic E-state index is 0.664. The normalized spacial score (nSPS) is 10.0. The van der Waals surface area contributed by atoms with Crippen LogP contribution in [-0.4, -0.2) is 4.98 Å². The van der Waals surface area contributed by atoms with Crippen LogP contribution in [0.5, 0.6) is 0 Å². The highest BCUT2D eigenvalue weighted by Crippen LogP contribution is 2.32. The molecular formula is C9H5BrN2. The molecule has 0 spiro atoms. The van der Waals surface area contributed by atoms with Crippen molar-refractivity contribution in [3.05, 3.63) is 40.3 Å². The second kappa shape index (κ2) is 2.65. The van der Waals surface area contributed by atoms with Crippen LogP contribution in [0.2, 0.25) is 0 Å². The average Bonchev–Trinajstić information content (AvgIpc) is 2.49. The Hall–Kier alpha value is -1.27. The van der Waals surface area contributed by atoms with Gasteiger partial charge in [0.2, 0.25) is 5.69 Å². The lowest BCUT2D eigenvalue weighted by atomic mass is 10.2. The van der Waals surface area contributed by atoms with Crippen LogP contribution in [0.15, 0.2) is 28.9 Å². The Balaban J connectivity index is 2.95. The van der Waals surface area contributed by atoms with E-state index in [1.807, 2.05) is 18.2 Å². The molecule has 1 aromatic heterocycles. The molecule has 0 aliphatic carbocycles. The van der Waals surface area contributed by atoms with Crippen molar-refractivity contribution in [1.82, 2.24) is 4.98 Å². The Labute approximate surface area is 78.2 Å². The largest absolute Gasteiger partial charge is 0.372 e. The summed E-state index contributed by atoms with van der Waals surface area (Å²) in [6.07, 6.45) is 1.72. The molecule has 0 bridgehead atoms. The Bertz CT molecular complexity index is 465. The van der Waals surface area contributed by atoms with Crippen LogP contribution >= 0.6 is 15.9 Å². The Kier molecular flexibility index (Phi) is 1.63. The predicted octanol–water partition coefficient (Wildman–Crippen LogP) is 3.48. The maximum Gasteiger partial charge on any atom is 0.212 e. The number of H-pyrrole nitrogens is 1. The predicted molar refractivity (Wildman–Crippen MR) is 52.3 cm³/mol. The van der Waals surface area contributed by atoms with Crippen molar-refractivity contribution < 1.29 is 0 Å². The number of hydrogen-bond acceptors (Lipinski definition) is 0. The third kappa shape index (κ3) is 0.926. The number of halogens is 1. The van der Waals surface area contributed by atoms with Gasteiger partial charge < -0.3 is 4.98 Å². The molecule has 1 N–H and O–H groups in total. The maximum absolute atomic E-state index is 6.92. The quantitative estimate of drug-likeness (QED) is 0.657. The Morgan fingerprint density at radius 1 is 1.42 bits per heavy atom.